The maximum absolute atomic E-state index is 10.6. The van der Waals surface area contributed by atoms with Gasteiger partial charge in [-0.1, -0.05) is 11.8 Å². The summed E-state index contributed by atoms with van der Waals surface area (Å²) in [5, 5.41) is 20.9. The van der Waals surface area contributed by atoms with Crippen LogP contribution in [0.5, 0.6) is 0 Å². The quantitative estimate of drug-likeness (QED) is 0.720. The number of rotatable bonds is 3. The van der Waals surface area contributed by atoms with E-state index in [1.165, 1.54) is 24.0 Å². The number of nitrogens with zero attached hydrogens (tertiary/aromatic N) is 2. The van der Waals surface area contributed by atoms with E-state index in [0.29, 0.717) is 5.56 Å². The molecule has 1 heterocycles. The molecule has 0 spiro atoms. The van der Waals surface area contributed by atoms with E-state index in [1.54, 1.807) is 0 Å². The normalized spacial score (nSPS) is 11.3. The SMILES string of the molecule is C[C@@H](C(=O)O)n1cc(C#CCC(=O)O)cn1. The van der Waals surface area contributed by atoms with E-state index in [0.717, 1.165) is 0 Å². The van der Waals surface area contributed by atoms with Crippen LogP contribution in [0.25, 0.3) is 0 Å². The van der Waals surface area contributed by atoms with E-state index in [-0.39, 0.29) is 6.42 Å². The minimum Gasteiger partial charge on any atom is -0.481 e. The topological polar surface area (TPSA) is 92.4 Å². The van der Waals surface area contributed by atoms with Crippen LogP contribution in [0.1, 0.15) is 24.9 Å². The van der Waals surface area contributed by atoms with Crippen molar-refractivity contribution in [2.24, 2.45) is 0 Å². The van der Waals surface area contributed by atoms with E-state index < -0.39 is 18.0 Å². The molecule has 0 saturated carbocycles. The van der Waals surface area contributed by atoms with Crippen molar-refractivity contribution in [2.45, 2.75) is 19.4 Å². The van der Waals surface area contributed by atoms with Crippen LogP contribution in [0.2, 0.25) is 0 Å². The van der Waals surface area contributed by atoms with Gasteiger partial charge >= 0.3 is 11.9 Å². The van der Waals surface area contributed by atoms with Gasteiger partial charge in [-0.15, -0.1) is 0 Å². The van der Waals surface area contributed by atoms with Gasteiger partial charge in [0, 0.05) is 6.20 Å². The average molecular weight is 222 g/mol. The predicted molar refractivity (Wildman–Crippen MR) is 53.7 cm³/mol. The van der Waals surface area contributed by atoms with Crippen molar-refractivity contribution in [1.82, 2.24) is 9.78 Å². The molecule has 0 radical (unpaired) electrons. The van der Waals surface area contributed by atoms with Crippen molar-refractivity contribution in [1.29, 1.82) is 0 Å². The zero-order chi connectivity index (χ0) is 12.1. The van der Waals surface area contributed by atoms with Crippen molar-refractivity contribution in [2.75, 3.05) is 0 Å². The molecule has 0 saturated heterocycles. The molecule has 0 bridgehead atoms. The summed E-state index contributed by atoms with van der Waals surface area (Å²) in [7, 11) is 0. The van der Waals surface area contributed by atoms with Crippen LogP contribution in [0.4, 0.5) is 0 Å². The third kappa shape index (κ3) is 3.13. The van der Waals surface area contributed by atoms with Crippen LogP contribution in [0.15, 0.2) is 12.4 Å². The first-order chi connectivity index (χ1) is 7.50. The van der Waals surface area contributed by atoms with Gasteiger partial charge in [0.1, 0.15) is 12.5 Å². The van der Waals surface area contributed by atoms with Crippen LogP contribution < -0.4 is 0 Å². The highest BCUT2D eigenvalue weighted by Crippen LogP contribution is 2.05. The Labute approximate surface area is 91.5 Å². The fraction of sp³-hybridized carbons (Fsp3) is 0.300. The highest BCUT2D eigenvalue weighted by Gasteiger charge is 2.13. The summed E-state index contributed by atoms with van der Waals surface area (Å²) in [5.41, 5.74) is 0.495. The Kier molecular flexibility index (Phi) is 3.67. The standard InChI is InChI=1S/C10H10N2O4/c1-7(10(15)16)12-6-8(5-11-12)3-2-4-9(13)14/h5-7H,4H2,1H3,(H,13,14)(H,15,16)/t7-/m0/s1. The van der Waals surface area contributed by atoms with Crippen molar-refractivity contribution in [3.8, 4) is 11.8 Å². The molecule has 0 aliphatic carbocycles. The Bertz CT molecular complexity index is 467. The van der Waals surface area contributed by atoms with Crippen molar-refractivity contribution in [3.05, 3.63) is 18.0 Å². The average Bonchev–Trinajstić information content (AvgIpc) is 2.64. The van der Waals surface area contributed by atoms with Gasteiger partial charge in [0.2, 0.25) is 0 Å². The summed E-state index contributed by atoms with van der Waals surface area (Å²) in [4.78, 5) is 20.8. The minimum absolute atomic E-state index is 0.250. The maximum Gasteiger partial charge on any atom is 0.328 e. The summed E-state index contributed by atoms with van der Waals surface area (Å²) >= 11 is 0. The zero-order valence-electron chi connectivity index (χ0n) is 8.54. The molecular weight excluding hydrogens is 212 g/mol. The second-order valence-corrected chi connectivity index (χ2v) is 3.10. The molecule has 1 aromatic heterocycles. The highest BCUT2D eigenvalue weighted by molar-refractivity contribution is 5.71. The molecule has 1 atom stereocenters. The molecule has 0 unspecified atom stereocenters. The lowest BCUT2D eigenvalue weighted by atomic mass is 10.3. The number of hydrogen-bond acceptors (Lipinski definition) is 3. The van der Waals surface area contributed by atoms with Crippen LogP contribution in [0, 0.1) is 11.8 Å². The first kappa shape index (κ1) is 11.8. The molecule has 1 rings (SSSR count). The molecule has 6 heteroatoms. The second-order valence-electron chi connectivity index (χ2n) is 3.10. The number of hydrogen-bond donors (Lipinski definition) is 2. The number of aromatic nitrogens is 2. The van der Waals surface area contributed by atoms with E-state index >= 15 is 0 Å². The molecular formula is C10H10N2O4. The van der Waals surface area contributed by atoms with E-state index in [1.807, 2.05) is 0 Å². The Morgan fingerprint density at radius 3 is 2.81 bits per heavy atom. The smallest absolute Gasteiger partial charge is 0.328 e. The molecule has 84 valence electrons. The third-order valence-corrected chi connectivity index (χ3v) is 1.83. The lowest BCUT2D eigenvalue weighted by Gasteiger charge is -2.04. The van der Waals surface area contributed by atoms with E-state index in [4.69, 9.17) is 10.2 Å². The Balaban J connectivity index is 2.74. The predicted octanol–water partition coefficient (Wildman–Crippen LogP) is 0.355. The Morgan fingerprint density at radius 1 is 1.56 bits per heavy atom. The van der Waals surface area contributed by atoms with Crippen molar-refractivity contribution >= 4 is 11.9 Å². The number of carboxylic acids is 2. The molecule has 2 N–H and O–H groups in total. The molecule has 1 aromatic rings. The largest absolute Gasteiger partial charge is 0.481 e. The highest BCUT2D eigenvalue weighted by atomic mass is 16.4. The second kappa shape index (κ2) is 4.98. The van der Waals surface area contributed by atoms with Gasteiger partial charge in [-0.25, -0.2) is 4.79 Å². The number of aliphatic carboxylic acids is 2. The van der Waals surface area contributed by atoms with E-state index in [2.05, 4.69) is 16.9 Å². The fourth-order valence-corrected chi connectivity index (χ4v) is 0.949. The maximum atomic E-state index is 10.6. The molecule has 16 heavy (non-hydrogen) atoms. The van der Waals surface area contributed by atoms with Gasteiger partial charge in [-0.05, 0) is 6.92 Å². The molecule has 0 aliphatic heterocycles. The van der Waals surface area contributed by atoms with Crippen LogP contribution in [0.3, 0.4) is 0 Å². The van der Waals surface area contributed by atoms with Crippen molar-refractivity contribution < 1.29 is 19.8 Å². The fourth-order valence-electron chi connectivity index (χ4n) is 0.949. The third-order valence-electron chi connectivity index (χ3n) is 1.83. The summed E-state index contributed by atoms with van der Waals surface area (Å²) in [6, 6.07) is -0.768. The van der Waals surface area contributed by atoms with Gasteiger partial charge in [0.25, 0.3) is 0 Å². The first-order valence-corrected chi connectivity index (χ1v) is 4.48. The van der Waals surface area contributed by atoms with E-state index in [9.17, 15) is 9.59 Å². The Morgan fingerprint density at radius 2 is 2.25 bits per heavy atom. The lowest BCUT2D eigenvalue weighted by molar-refractivity contribution is -0.140. The van der Waals surface area contributed by atoms with Gasteiger partial charge < -0.3 is 10.2 Å². The summed E-state index contributed by atoms with van der Waals surface area (Å²) in [5.74, 6) is 3.02. The molecule has 6 nitrogen and oxygen atoms in total. The number of carbonyl (C=O) groups is 2. The number of carboxylic acid groups (broad SMARTS) is 2. The monoisotopic (exact) mass is 222 g/mol. The van der Waals surface area contributed by atoms with Crippen LogP contribution in [-0.4, -0.2) is 31.9 Å². The van der Waals surface area contributed by atoms with Gasteiger partial charge in [-0.2, -0.15) is 5.10 Å². The molecule has 0 amide bonds. The first-order valence-electron chi connectivity index (χ1n) is 4.48. The summed E-state index contributed by atoms with van der Waals surface area (Å²) < 4.78 is 1.26. The molecule has 0 aromatic carbocycles. The van der Waals surface area contributed by atoms with Gasteiger partial charge in [0.15, 0.2) is 0 Å². The lowest BCUT2D eigenvalue weighted by Crippen LogP contribution is -2.15. The minimum atomic E-state index is -1.00. The summed E-state index contributed by atoms with van der Waals surface area (Å²) in [6.45, 7) is 1.49. The van der Waals surface area contributed by atoms with Crippen molar-refractivity contribution in [3.63, 3.8) is 0 Å². The van der Waals surface area contributed by atoms with Crippen LogP contribution >= 0.6 is 0 Å². The molecule has 0 aliphatic rings. The zero-order valence-corrected chi connectivity index (χ0v) is 8.54. The van der Waals surface area contributed by atoms with Gasteiger partial charge in [0.05, 0.1) is 11.8 Å². The summed E-state index contributed by atoms with van der Waals surface area (Å²) in [6.07, 6.45) is 2.61. The van der Waals surface area contributed by atoms with Gasteiger partial charge in [-0.3, -0.25) is 9.48 Å². The van der Waals surface area contributed by atoms with Crippen LogP contribution in [-0.2, 0) is 9.59 Å². The molecule has 0 fully saturated rings. The Hall–Kier alpha value is -2.29.